The maximum absolute atomic E-state index is 12.0. The number of benzene rings is 2. The van der Waals surface area contributed by atoms with E-state index in [9.17, 15) is 15.2 Å². The molecular formula is C21H25N3O3. The average Bonchev–Trinajstić information content (AvgIpc) is 2.70. The van der Waals surface area contributed by atoms with Crippen LogP contribution in [0.15, 0.2) is 42.0 Å². The summed E-state index contributed by atoms with van der Waals surface area (Å²) in [6, 6.07) is 13.9. The van der Waals surface area contributed by atoms with E-state index in [1.54, 1.807) is 0 Å². The van der Waals surface area contributed by atoms with E-state index in [2.05, 4.69) is 36.2 Å². The lowest BCUT2D eigenvalue weighted by Gasteiger charge is -2.21. The fourth-order valence-electron chi connectivity index (χ4n) is 2.81. The second kappa shape index (κ2) is 9.72. The Hall–Kier alpha value is -2.88. The third kappa shape index (κ3) is 5.30. The summed E-state index contributed by atoms with van der Waals surface area (Å²) in [5, 5.41) is 31.9. The highest BCUT2D eigenvalue weighted by molar-refractivity contribution is 6.02. The SMILES string of the molecule is CCN(CC)c1ccc2cc(C=C(C#N)C(=O)NCC(O)CO)ccc2c1. The van der Waals surface area contributed by atoms with Gasteiger partial charge < -0.3 is 20.4 Å². The number of anilines is 1. The molecule has 0 heterocycles. The van der Waals surface area contributed by atoms with Gasteiger partial charge in [-0.2, -0.15) is 5.26 Å². The predicted molar refractivity (Wildman–Crippen MR) is 107 cm³/mol. The molecule has 2 rings (SSSR count). The van der Waals surface area contributed by atoms with Crippen molar-refractivity contribution in [1.82, 2.24) is 5.32 Å². The molecule has 1 amide bonds. The predicted octanol–water partition coefficient (Wildman–Crippen LogP) is 2.06. The Balaban J connectivity index is 2.24. The number of aliphatic hydroxyl groups excluding tert-OH is 2. The van der Waals surface area contributed by atoms with E-state index in [4.69, 9.17) is 5.11 Å². The van der Waals surface area contributed by atoms with Gasteiger partial charge in [-0.05, 0) is 54.5 Å². The zero-order valence-corrected chi connectivity index (χ0v) is 15.6. The van der Waals surface area contributed by atoms with Crippen molar-refractivity contribution in [3.8, 4) is 6.07 Å². The highest BCUT2D eigenvalue weighted by atomic mass is 16.3. The molecule has 1 unspecified atom stereocenters. The first-order valence-electron chi connectivity index (χ1n) is 9.00. The molecule has 0 aromatic heterocycles. The molecule has 2 aromatic carbocycles. The summed E-state index contributed by atoms with van der Waals surface area (Å²) in [6.45, 7) is 5.56. The summed E-state index contributed by atoms with van der Waals surface area (Å²) in [6.07, 6.45) is 0.466. The van der Waals surface area contributed by atoms with Gasteiger partial charge in [0.2, 0.25) is 0 Å². The maximum Gasteiger partial charge on any atom is 0.262 e. The molecule has 142 valence electrons. The van der Waals surface area contributed by atoms with Crippen LogP contribution in [0.2, 0.25) is 0 Å². The van der Waals surface area contributed by atoms with E-state index in [1.807, 2.05) is 30.3 Å². The van der Waals surface area contributed by atoms with Crippen LogP contribution in [0.25, 0.3) is 16.8 Å². The number of nitriles is 1. The lowest BCUT2D eigenvalue weighted by Crippen LogP contribution is -2.34. The average molecular weight is 367 g/mol. The molecule has 6 heteroatoms. The molecule has 0 aliphatic heterocycles. The first-order chi connectivity index (χ1) is 13.0. The standard InChI is InChI=1S/C21H25N3O3/c1-3-24(4-2)19-8-7-16-9-15(5-6-17(16)11-19)10-18(12-22)21(27)23-13-20(26)14-25/h5-11,20,25-26H,3-4,13-14H2,1-2H3,(H,23,27). The Kier molecular flexibility index (Phi) is 7.35. The van der Waals surface area contributed by atoms with E-state index in [-0.39, 0.29) is 12.1 Å². The van der Waals surface area contributed by atoms with Crippen molar-refractivity contribution >= 4 is 28.4 Å². The Labute approximate surface area is 159 Å². The van der Waals surface area contributed by atoms with E-state index in [1.165, 1.54) is 6.08 Å². The maximum atomic E-state index is 12.0. The molecule has 0 aliphatic carbocycles. The van der Waals surface area contributed by atoms with Crippen molar-refractivity contribution in [3.05, 3.63) is 47.5 Å². The molecule has 0 saturated carbocycles. The Morgan fingerprint density at radius 2 is 1.89 bits per heavy atom. The van der Waals surface area contributed by atoms with Crippen LogP contribution in [0.5, 0.6) is 0 Å². The Morgan fingerprint density at radius 3 is 2.52 bits per heavy atom. The normalized spacial score (nSPS) is 12.5. The van der Waals surface area contributed by atoms with E-state index in [0.29, 0.717) is 0 Å². The van der Waals surface area contributed by atoms with Gasteiger partial charge >= 0.3 is 0 Å². The van der Waals surface area contributed by atoms with Gasteiger partial charge in [0.05, 0.1) is 12.7 Å². The van der Waals surface area contributed by atoms with Crippen molar-refractivity contribution in [3.63, 3.8) is 0 Å². The minimum absolute atomic E-state index is 0.0562. The summed E-state index contributed by atoms with van der Waals surface area (Å²) in [7, 11) is 0. The number of hydrogen-bond acceptors (Lipinski definition) is 5. The van der Waals surface area contributed by atoms with E-state index in [0.717, 1.165) is 35.1 Å². The number of nitrogens with zero attached hydrogens (tertiary/aromatic N) is 2. The van der Waals surface area contributed by atoms with Crippen LogP contribution in [0.1, 0.15) is 19.4 Å². The van der Waals surface area contributed by atoms with Gasteiger partial charge in [0.25, 0.3) is 5.91 Å². The molecule has 0 aliphatic rings. The summed E-state index contributed by atoms with van der Waals surface area (Å²) in [4.78, 5) is 14.3. The van der Waals surface area contributed by atoms with Crippen LogP contribution in [0.4, 0.5) is 5.69 Å². The van der Waals surface area contributed by atoms with E-state index < -0.39 is 18.6 Å². The van der Waals surface area contributed by atoms with Gasteiger partial charge in [-0.1, -0.05) is 18.2 Å². The summed E-state index contributed by atoms with van der Waals surface area (Å²) < 4.78 is 0. The van der Waals surface area contributed by atoms with Crippen molar-refractivity contribution in [2.24, 2.45) is 0 Å². The van der Waals surface area contributed by atoms with Gasteiger partial charge in [-0.3, -0.25) is 4.79 Å². The second-order valence-corrected chi connectivity index (χ2v) is 6.18. The van der Waals surface area contributed by atoms with Crippen molar-refractivity contribution in [1.29, 1.82) is 5.26 Å². The van der Waals surface area contributed by atoms with Crippen molar-refractivity contribution < 1.29 is 15.0 Å². The first-order valence-corrected chi connectivity index (χ1v) is 9.00. The minimum atomic E-state index is -1.05. The summed E-state index contributed by atoms with van der Waals surface area (Å²) >= 11 is 0. The van der Waals surface area contributed by atoms with Crippen LogP contribution >= 0.6 is 0 Å². The van der Waals surface area contributed by atoms with Crippen LogP contribution < -0.4 is 10.2 Å². The zero-order chi connectivity index (χ0) is 19.8. The topological polar surface area (TPSA) is 96.6 Å². The number of aliphatic hydroxyl groups is 2. The Bertz CT molecular complexity index is 867. The molecule has 0 radical (unpaired) electrons. The smallest absolute Gasteiger partial charge is 0.262 e. The number of carbonyl (C=O) groups excluding carboxylic acids is 1. The third-order valence-electron chi connectivity index (χ3n) is 4.36. The minimum Gasteiger partial charge on any atom is -0.394 e. The highest BCUT2D eigenvalue weighted by Crippen LogP contribution is 2.24. The van der Waals surface area contributed by atoms with Crippen LogP contribution in [-0.2, 0) is 4.79 Å². The van der Waals surface area contributed by atoms with Crippen molar-refractivity contribution in [2.45, 2.75) is 20.0 Å². The quantitative estimate of drug-likeness (QED) is 0.490. The van der Waals surface area contributed by atoms with Crippen LogP contribution in [0, 0.1) is 11.3 Å². The van der Waals surface area contributed by atoms with Gasteiger partial charge in [0, 0.05) is 25.3 Å². The van der Waals surface area contributed by atoms with Gasteiger partial charge in [-0.15, -0.1) is 0 Å². The molecule has 3 N–H and O–H groups in total. The number of fused-ring (bicyclic) bond motifs is 1. The molecule has 1 atom stereocenters. The molecule has 27 heavy (non-hydrogen) atoms. The summed E-state index contributed by atoms with van der Waals surface area (Å²) in [5.74, 6) is -0.582. The lowest BCUT2D eigenvalue weighted by atomic mass is 10.0. The third-order valence-corrected chi connectivity index (χ3v) is 4.36. The zero-order valence-electron chi connectivity index (χ0n) is 15.6. The number of hydrogen-bond donors (Lipinski definition) is 3. The molecule has 6 nitrogen and oxygen atoms in total. The van der Waals surface area contributed by atoms with Crippen LogP contribution in [0.3, 0.4) is 0 Å². The number of carbonyl (C=O) groups is 1. The first kappa shape index (κ1) is 20.4. The fraction of sp³-hybridized carbons (Fsp3) is 0.333. The largest absolute Gasteiger partial charge is 0.394 e. The van der Waals surface area contributed by atoms with Gasteiger partial charge in [-0.25, -0.2) is 0 Å². The summed E-state index contributed by atoms with van der Waals surface area (Å²) in [5.41, 5.74) is 1.85. The second-order valence-electron chi connectivity index (χ2n) is 6.18. The molecule has 2 aromatic rings. The molecule has 0 bridgehead atoms. The number of amides is 1. The molecule has 0 saturated heterocycles. The number of rotatable bonds is 8. The van der Waals surface area contributed by atoms with Crippen molar-refractivity contribution in [2.75, 3.05) is 31.1 Å². The number of nitrogens with one attached hydrogen (secondary N) is 1. The molecular weight excluding hydrogens is 342 g/mol. The van der Waals surface area contributed by atoms with E-state index >= 15 is 0 Å². The van der Waals surface area contributed by atoms with Gasteiger partial charge in [0.1, 0.15) is 11.6 Å². The van der Waals surface area contributed by atoms with Crippen LogP contribution in [-0.4, -0.2) is 48.5 Å². The highest BCUT2D eigenvalue weighted by Gasteiger charge is 2.11. The lowest BCUT2D eigenvalue weighted by molar-refractivity contribution is -0.117. The fourth-order valence-corrected chi connectivity index (χ4v) is 2.81. The monoisotopic (exact) mass is 367 g/mol. The van der Waals surface area contributed by atoms with Gasteiger partial charge in [0.15, 0.2) is 0 Å². The molecule has 0 fully saturated rings. The Morgan fingerprint density at radius 1 is 1.22 bits per heavy atom. The molecule has 0 spiro atoms.